The first-order chi connectivity index (χ1) is 56.3. The molecule has 9 heterocycles. The monoisotopic (exact) mass is 1680 g/mol. The van der Waals surface area contributed by atoms with Gasteiger partial charge in [-0.1, -0.05) is 97.9 Å². The zero-order valence-corrected chi connectivity index (χ0v) is 67.0. The maximum Gasteiger partial charge on any atom is 0.338 e. The first-order valence-corrected chi connectivity index (χ1v) is 42.8. The fourth-order valence-electron chi connectivity index (χ4n) is 13.5. The molecule has 36 nitrogen and oxygen atoms in total. The maximum absolute atomic E-state index is 14.6. The molecule has 14 atom stereocenters. The average Bonchev–Trinajstić information content (AvgIpc) is 1.60. The molecule has 0 saturated carbocycles. The van der Waals surface area contributed by atoms with Crippen molar-refractivity contribution in [2.24, 2.45) is 5.92 Å². The molecule has 0 aliphatic carbocycles. The molecule has 6 aromatic heterocycles. The predicted octanol–water partition coefficient (Wildman–Crippen LogP) is 10.8. The molecule has 0 radical (unpaired) electrons. The van der Waals surface area contributed by atoms with E-state index in [9.17, 15) is 28.5 Å². The van der Waals surface area contributed by atoms with Crippen molar-refractivity contribution in [1.29, 1.82) is 0 Å². The lowest BCUT2D eigenvalue weighted by molar-refractivity contribution is -0.0613. The highest BCUT2D eigenvalue weighted by Gasteiger charge is 2.55. The molecule has 3 saturated heterocycles. The van der Waals surface area contributed by atoms with Crippen molar-refractivity contribution in [3.05, 3.63) is 229 Å². The van der Waals surface area contributed by atoms with Gasteiger partial charge in [0.1, 0.15) is 56.1 Å². The SMILES string of the molecule is [C-]#[N+]CCOP(=S)(OC[C@H]1O[C@@H](n2cnc3c(N(C(=O)c4ccccc4)C(=O)c4ccccc4)ncnc32)[C@H](OC(=O)c2ccccc2)[C@@H]1C)O[C@@H]1[C@H](OC)[C@@H](COP(=S)(OC)O[C@@H]2[C@H](OC)[C@@H](CCP(=O)(OC)OC)O[C@H]2n2cnc3c(NC(=O)c4ccccc4)ncnc32)O[C@H]1n1cnc2c(NC(=O)c3ccccc3)ncnc21. The van der Waals surface area contributed by atoms with E-state index in [1.54, 1.807) is 163 Å². The van der Waals surface area contributed by atoms with Crippen molar-refractivity contribution in [2.45, 2.75) is 80.9 Å². The Kier molecular flexibility index (Phi) is 25.9. The van der Waals surface area contributed by atoms with Crippen molar-refractivity contribution in [1.82, 2.24) is 58.6 Å². The number of nitrogens with one attached hydrogen (secondary N) is 2. The second-order valence-corrected chi connectivity index (χ2v) is 34.6. The van der Waals surface area contributed by atoms with E-state index in [1.165, 1.54) is 82.6 Å². The van der Waals surface area contributed by atoms with Crippen molar-refractivity contribution in [3.63, 3.8) is 0 Å². The Morgan fingerprint density at radius 1 is 0.491 bits per heavy atom. The molecular weight excluding hydrogens is 1600 g/mol. The molecule has 116 heavy (non-hydrogen) atoms. The van der Waals surface area contributed by atoms with Crippen LogP contribution in [0.25, 0.3) is 38.3 Å². The second-order valence-electron chi connectivity index (χ2n) is 26.1. The molecule has 602 valence electrons. The highest BCUT2D eigenvalue weighted by atomic mass is 32.5. The lowest BCUT2D eigenvalue weighted by Crippen LogP contribution is -2.38. The number of nitrogens with zero attached hydrogens (tertiary/aromatic N) is 14. The lowest BCUT2D eigenvalue weighted by Gasteiger charge is -2.31. The third kappa shape index (κ3) is 17.6. The number of rotatable bonds is 33. The molecule has 0 bridgehead atoms. The summed E-state index contributed by atoms with van der Waals surface area (Å²) in [5, 5.41) is 5.64. The number of amides is 4. The Labute approximate surface area is 672 Å². The molecular formula is C75H75N16O20P3S2. The van der Waals surface area contributed by atoms with Crippen LogP contribution in [0, 0.1) is 12.5 Å². The standard InChI is InChI=1S/C75H75N16O20P3S2/c1-45-52(107-72(57(45)109-75(96)50-31-21-12-22-32-50)90-44-85-56-66(90)81-41-82-67(56)91(70(94)48-27-17-10-18-28-48)71(95)49-29-19-11-20-30-49)37-105-114(116,103-35-34-76-2)111-61-59(99-4)53(108-74(61)89-43-84-55-63(78-40-80-65(55)89)87-69(93)47-25-15-9-16-26-47)38-104-113(115,102-7)110-60-58(98-3)51(33-36-112(97,100-5)101-6)106-73(60)88-42-83-54-62(77-39-79-64(54)88)86-68(92)46-23-13-8-14-24-46/h8-32,39-45,51-53,57-61,72-74H,33-38H2,1,3-7H3,(H,77,79,86,92)(H,78,80,87,93)/t45-,51-,52-,53-,57-,58-,59-,60-,61-,72-,73-,74-,113?,114?/m1/s1. The first-order valence-electron chi connectivity index (χ1n) is 35.9. The van der Waals surface area contributed by atoms with Crippen LogP contribution in [0.3, 0.4) is 0 Å². The van der Waals surface area contributed by atoms with Crippen LogP contribution in [-0.4, -0.2) is 205 Å². The van der Waals surface area contributed by atoms with E-state index in [1.807, 2.05) is 0 Å². The van der Waals surface area contributed by atoms with Gasteiger partial charge in [-0.3, -0.25) is 46.5 Å². The molecule has 0 spiro atoms. The van der Waals surface area contributed by atoms with Crippen LogP contribution in [0.1, 0.15) is 83.8 Å². The Morgan fingerprint density at radius 2 is 0.905 bits per heavy atom. The zero-order chi connectivity index (χ0) is 81.3. The molecule has 14 rings (SSSR count). The van der Waals surface area contributed by atoms with E-state index >= 15 is 0 Å². The molecule has 2 unspecified atom stereocenters. The molecule has 5 aromatic carbocycles. The van der Waals surface area contributed by atoms with Crippen molar-refractivity contribution >= 4 is 125 Å². The number of anilines is 3. The minimum absolute atomic E-state index is 0.00709. The maximum atomic E-state index is 14.6. The minimum atomic E-state index is -4.30. The number of fused-ring (bicyclic) bond motifs is 3. The van der Waals surface area contributed by atoms with Gasteiger partial charge in [-0.05, 0) is 90.7 Å². The van der Waals surface area contributed by atoms with E-state index in [-0.39, 0.29) is 93.4 Å². The number of benzene rings is 5. The zero-order valence-electron chi connectivity index (χ0n) is 62.7. The average molecular weight is 1680 g/mol. The number of imide groups is 1. The molecule has 4 amide bonds. The Hall–Kier alpha value is -10.2. The third-order valence-corrected chi connectivity index (χ3v) is 26.1. The molecule has 3 fully saturated rings. The third-order valence-electron chi connectivity index (χ3n) is 19.4. The van der Waals surface area contributed by atoms with Crippen molar-refractivity contribution in [3.8, 4) is 0 Å². The number of imidazole rings is 3. The van der Waals surface area contributed by atoms with Crippen LogP contribution < -0.4 is 15.5 Å². The Bertz CT molecular complexity index is 5500. The van der Waals surface area contributed by atoms with Crippen LogP contribution in [0.2, 0.25) is 0 Å². The number of aromatic nitrogens is 12. The fourth-order valence-corrected chi connectivity index (χ4v) is 18.2. The van der Waals surface area contributed by atoms with E-state index in [4.69, 9.17) is 99.8 Å². The summed E-state index contributed by atoms with van der Waals surface area (Å²) in [5.41, 5.74) is 1.94. The van der Waals surface area contributed by atoms with Crippen LogP contribution >= 0.6 is 21.0 Å². The predicted molar refractivity (Wildman–Crippen MR) is 423 cm³/mol. The van der Waals surface area contributed by atoms with Gasteiger partial charge in [-0.2, -0.15) is 0 Å². The van der Waals surface area contributed by atoms with Gasteiger partial charge in [-0.25, -0.2) is 61.1 Å². The number of carbonyl (C=O) groups is 5. The number of esters is 1. The Morgan fingerprint density at radius 3 is 1.39 bits per heavy atom. The summed E-state index contributed by atoms with van der Waals surface area (Å²) < 4.78 is 108. The lowest BCUT2D eigenvalue weighted by atomic mass is 10.0. The number of ether oxygens (including phenoxy) is 6. The first kappa shape index (κ1) is 82.3. The van der Waals surface area contributed by atoms with E-state index in [0.29, 0.717) is 11.1 Å². The van der Waals surface area contributed by atoms with Crippen LogP contribution in [0.15, 0.2) is 190 Å². The topological polar surface area (TPSA) is 394 Å². The molecule has 11 aromatic rings. The van der Waals surface area contributed by atoms with Crippen molar-refractivity contribution in [2.75, 3.05) is 83.6 Å². The summed E-state index contributed by atoms with van der Waals surface area (Å²) in [4.78, 5) is 116. The van der Waals surface area contributed by atoms with E-state index in [0.717, 1.165) is 4.90 Å². The van der Waals surface area contributed by atoms with Gasteiger partial charge in [0.2, 0.25) is 6.54 Å². The summed E-state index contributed by atoms with van der Waals surface area (Å²) in [6.07, 6.45) is -5.44. The summed E-state index contributed by atoms with van der Waals surface area (Å²) in [5.74, 6) is -3.90. The van der Waals surface area contributed by atoms with Crippen molar-refractivity contribution < 1.29 is 93.1 Å². The van der Waals surface area contributed by atoms with Gasteiger partial charge in [0, 0.05) is 63.7 Å². The summed E-state index contributed by atoms with van der Waals surface area (Å²) in [6, 6.07) is 41.6. The Balaban J connectivity index is 0.784. The van der Waals surface area contributed by atoms with Gasteiger partial charge < -0.3 is 71.0 Å². The van der Waals surface area contributed by atoms with Crippen LogP contribution in [0.4, 0.5) is 17.5 Å². The quantitative estimate of drug-likeness (QED) is 0.0127. The second kappa shape index (κ2) is 36.5. The summed E-state index contributed by atoms with van der Waals surface area (Å²) in [6.45, 7) is -0.306. The summed E-state index contributed by atoms with van der Waals surface area (Å²) in [7, 11) is 2.97. The van der Waals surface area contributed by atoms with Gasteiger partial charge >= 0.3 is 27.0 Å². The highest BCUT2D eigenvalue weighted by Crippen LogP contribution is 2.58. The van der Waals surface area contributed by atoms with Crippen LogP contribution in [-0.2, 0) is 92.8 Å². The minimum Gasteiger partial charge on any atom is -0.454 e. The molecule has 41 heteroatoms. The smallest absolute Gasteiger partial charge is 0.338 e. The van der Waals surface area contributed by atoms with E-state index in [2.05, 4.69) is 55.4 Å². The number of hydrogen-bond donors (Lipinski definition) is 2. The molecule has 2 N–H and O–H groups in total. The fraction of sp³-hybridized carbons (Fsp3) is 0.320. The number of hydrogen-bond acceptors (Lipinski definition) is 31. The van der Waals surface area contributed by atoms with Gasteiger partial charge in [0.05, 0.1) is 56.1 Å². The number of methoxy groups -OCH3 is 2. The van der Waals surface area contributed by atoms with Gasteiger partial charge in [-0.15, -0.1) is 0 Å². The molecule has 3 aliphatic heterocycles. The number of carbonyl (C=O) groups excluding carboxylic acids is 5. The molecule has 3 aliphatic rings. The summed E-state index contributed by atoms with van der Waals surface area (Å²) >= 11 is 12.7. The van der Waals surface area contributed by atoms with Gasteiger partial charge in [0.25, 0.3) is 23.6 Å². The highest BCUT2D eigenvalue weighted by molar-refractivity contribution is 8.07. The van der Waals surface area contributed by atoms with E-state index < -0.39 is 137 Å². The van der Waals surface area contributed by atoms with Crippen LogP contribution in [0.5, 0.6) is 0 Å². The largest absolute Gasteiger partial charge is 0.454 e. The normalized spacial score (nSPS) is 22.4. The van der Waals surface area contributed by atoms with Gasteiger partial charge in [0.15, 0.2) is 75.7 Å².